The second-order valence-electron chi connectivity index (χ2n) is 6.37. The Labute approximate surface area is 147 Å². The zero-order valence-electron chi connectivity index (χ0n) is 13.2. The van der Waals surface area contributed by atoms with E-state index in [2.05, 4.69) is 4.98 Å². The molecule has 4 atom stereocenters. The largest absolute Gasteiger partial charge is 0.486 e. The van der Waals surface area contributed by atoms with Crippen molar-refractivity contribution in [2.24, 2.45) is 5.92 Å². The predicted octanol–water partition coefficient (Wildman–Crippen LogP) is 1.43. The highest BCUT2D eigenvalue weighted by atomic mass is 32.1. The number of aromatic nitrogens is 1. The van der Waals surface area contributed by atoms with E-state index in [9.17, 15) is 19.4 Å². The van der Waals surface area contributed by atoms with Gasteiger partial charge in [-0.05, 0) is 30.7 Å². The van der Waals surface area contributed by atoms with E-state index >= 15 is 0 Å². The number of likely N-dealkylation sites (tertiary alicyclic amines) is 1. The number of ether oxygens (including phenoxy) is 1. The number of halogens is 1. The Morgan fingerprint density at radius 2 is 2.08 bits per heavy atom. The molecular weight excluding hydrogens is 347 g/mol. The number of carbonyl (C=O) groups excluding carboxylic acids is 1. The van der Waals surface area contributed by atoms with Crippen molar-refractivity contribution < 1.29 is 24.1 Å². The Hall–Kier alpha value is -2.03. The molecule has 8 heteroatoms. The molecule has 6 nitrogen and oxygen atoms in total. The summed E-state index contributed by atoms with van der Waals surface area (Å²) in [4.78, 5) is 18.5. The Kier molecular flexibility index (Phi) is 4.18. The molecule has 1 saturated carbocycles. The molecule has 132 valence electrons. The lowest BCUT2D eigenvalue weighted by atomic mass is 10.0. The Bertz CT molecular complexity index is 779. The van der Waals surface area contributed by atoms with Gasteiger partial charge in [0.25, 0.3) is 5.91 Å². The minimum atomic E-state index is -0.886. The predicted molar refractivity (Wildman–Crippen MR) is 87.8 cm³/mol. The van der Waals surface area contributed by atoms with Crippen molar-refractivity contribution >= 4 is 17.2 Å². The third-order valence-corrected chi connectivity index (χ3v) is 5.63. The maximum absolute atomic E-state index is 12.9. The van der Waals surface area contributed by atoms with Gasteiger partial charge in [0, 0.05) is 17.8 Å². The first-order chi connectivity index (χ1) is 12.0. The van der Waals surface area contributed by atoms with Gasteiger partial charge in [0.05, 0.1) is 12.1 Å². The molecule has 0 unspecified atom stereocenters. The van der Waals surface area contributed by atoms with Crippen LogP contribution in [0.3, 0.4) is 0 Å². The molecule has 1 aliphatic carbocycles. The number of nitrogens with zero attached hydrogens (tertiary/aromatic N) is 2. The van der Waals surface area contributed by atoms with Crippen molar-refractivity contribution in [2.75, 3.05) is 6.54 Å². The van der Waals surface area contributed by atoms with Crippen LogP contribution in [0.25, 0.3) is 0 Å². The maximum Gasteiger partial charge on any atom is 0.273 e. The van der Waals surface area contributed by atoms with Crippen LogP contribution in [0, 0.1) is 11.7 Å². The van der Waals surface area contributed by atoms with E-state index in [0.717, 1.165) is 0 Å². The number of aliphatic hydroxyl groups excluding tert-OH is 2. The van der Waals surface area contributed by atoms with Crippen LogP contribution in [-0.2, 0) is 6.61 Å². The fourth-order valence-electron chi connectivity index (χ4n) is 3.51. The quantitative estimate of drug-likeness (QED) is 0.858. The Morgan fingerprint density at radius 3 is 2.76 bits per heavy atom. The average Bonchev–Trinajstić information content (AvgIpc) is 3.31. The van der Waals surface area contributed by atoms with Crippen molar-refractivity contribution in [1.82, 2.24) is 9.88 Å². The van der Waals surface area contributed by atoms with Crippen LogP contribution < -0.4 is 4.74 Å². The molecule has 2 aliphatic rings. The van der Waals surface area contributed by atoms with Crippen LogP contribution in [0.1, 0.15) is 21.9 Å². The number of hydrogen-bond donors (Lipinski definition) is 2. The van der Waals surface area contributed by atoms with Crippen molar-refractivity contribution in [2.45, 2.75) is 31.3 Å². The maximum atomic E-state index is 12.9. The summed E-state index contributed by atoms with van der Waals surface area (Å²) in [6.45, 7) is 0.637. The SMILES string of the molecule is O=C(c1csc(COc2ccc(F)cc2)n1)N1C[C@@H]2C[C@H]1[C@@H](O)[C@H]2O. The van der Waals surface area contributed by atoms with Crippen LogP contribution in [0.5, 0.6) is 5.75 Å². The molecule has 25 heavy (non-hydrogen) atoms. The smallest absolute Gasteiger partial charge is 0.273 e. The minimum Gasteiger partial charge on any atom is -0.486 e. The zero-order chi connectivity index (χ0) is 17.6. The van der Waals surface area contributed by atoms with E-state index in [1.54, 1.807) is 10.3 Å². The number of amides is 1. The van der Waals surface area contributed by atoms with E-state index in [1.807, 2.05) is 0 Å². The lowest BCUT2D eigenvalue weighted by Gasteiger charge is -2.32. The number of thiazole rings is 1. The highest BCUT2D eigenvalue weighted by Gasteiger charge is 2.52. The van der Waals surface area contributed by atoms with Crippen LogP contribution in [0.4, 0.5) is 4.39 Å². The number of piperidine rings is 1. The normalized spacial score (nSPS) is 27.7. The first-order valence-electron chi connectivity index (χ1n) is 8.03. The third kappa shape index (κ3) is 3.01. The second kappa shape index (κ2) is 6.36. The molecule has 4 rings (SSSR count). The molecule has 0 spiro atoms. The molecule has 1 aromatic heterocycles. The van der Waals surface area contributed by atoms with Crippen molar-refractivity contribution in [3.05, 3.63) is 46.2 Å². The topological polar surface area (TPSA) is 82.9 Å². The molecule has 0 radical (unpaired) electrons. The number of benzene rings is 1. The number of rotatable bonds is 4. The molecule has 2 N–H and O–H groups in total. The van der Waals surface area contributed by atoms with Gasteiger partial charge in [-0.2, -0.15) is 0 Å². The lowest BCUT2D eigenvalue weighted by molar-refractivity contribution is -0.0371. The van der Waals surface area contributed by atoms with Gasteiger partial charge in [0.1, 0.15) is 35.0 Å². The molecule has 1 aliphatic heterocycles. The monoisotopic (exact) mass is 364 g/mol. The lowest BCUT2D eigenvalue weighted by Crippen LogP contribution is -2.50. The Balaban J connectivity index is 1.39. The summed E-state index contributed by atoms with van der Waals surface area (Å²) >= 11 is 1.31. The number of aliphatic hydroxyl groups is 2. The summed E-state index contributed by atoms with van der Waals surface area (Å²) in [5, 5.41) is 22.1. The highest BCUT2D eigenvalue weighted by Crippen LogP contribution is 2.38. The van der Waals surface area contributed by atoms with E-state index in [-0.39, 0.29) is 30.3 Å². The van der Waals surface area contributed by atoms with Crippen molar-refractivity contribution in [1.29, 1.82) is 0 Å². The van der Waals surface area contributed by atoms with E-state index in [4.69, 9.17) is 4.74 Å². The van der Waals surface area contributed by atoms with Crippen LogP contribution in [0.2, 0.25) is 0 Å². The number of hydrogen-bond acceptors (Lipinski definition) is 6. The molecule has 2 fully saturated rings. The third-order valence-electron chi connectivity index (χ3n) is 4.81. The molecule has 2 bridgehead atoms. The first kappa shape index (κ1) is 16.4. The van der Waals surface area contributed by atoms with Gasteiger partial charge in [0.15, 0.2) is 0 Å². The van der Waals surface area contributed by atoms with Gasteiger partial charge < -0.3 is 19.8 Å². The molecule has 1 saturated heterocycles. The van der Waals surface area contributed by atoms with Gasteiger partial charge in [0.2, 0.25) is 0 Å². The summed E-state index contributed by atoms with van der Waals surface area (Å²) < 4.78 is 18.4. The van der Waals surface area contributed by atoms with Crippen LogP contribution in [0.15, 0.2) is 29.6 Å². The van der Waals surface area contributed by atoms with Gasteiger partial charge in [-0.15, -0.1) is 11.3 Å². The van der Waals surface area contributed by atoms with E-state index in [0.29, 0.717) is 29.4 Å². The zero-order valence-corrected chi connectivity index (χ0v) is 14.0. The molecule has 2 heterocycles. The summed E-state index contributed by atoms with van der Waals surface area (Å²) in [7, 11) is 0. The second-order valence-corrected chi connectivity index (χ2v) is 7.31. The minimum absolute atomic E-state index is 0.0659. The fraction of sp³-hybridized carbons (Fsp3) is 0.412. The average molecular weight is 364 g/mol. The van der Waals surface area contributed by atoms with Crippen LogP contribution in [-0.4, -0.2) is 50.8 Å². The highest BCUT2D eigenvalue weighted by molar-refractivity contribution is 7.09. The summed E-state index contributed by atoms with van der Waals surface area (Å²) in [5.41, 5.74) is 0.317. The standard InChI is InChI=1S/C17H17FN2O4S/c18-10-1-3-11(4-2-10)24-7-14-19-12(8-25-14)17(23)20-6-9-5-13(20)16(22)15(9)21/h1-4,8-9,13,15-16,21-22H,5-7H2/t9-,13-,15-,16+/m0/s1. The summed E-state index contributed by atoms with van der Waals surface area (Å²) in [5.74, 6) is -0.105. The van der Waals surface area contributed by atoms with Gasteiger partial charge in [-0.3, -0.25) is 4.79 Å². The number of carbonyl (C=O) groups is 1. The van der Waals surface area contributed by atoms with E-state index < -0.39 is 12.2 Å². The number of fused-ring (bicyclic) bond motifs is 2. The van der Waals surface area contributed by atoms with Crippen molar-refractivity contribution in [3.8, 4) is 5.75 Å². The van der Waals surface area contributed by atoms with E-state index in [1.165, 1.54) is 35.6 Å². The van der Waals surface area contributed by atoms with Gasteiger partial charge in [-0.25, -0.2) is 9.37 Å². The summed E-state index contributed by atoms with van der Waals surface area (Å²) in [6.07, 6.45) is -1.01. The van der Waals surface area contributed by atoms with Crippen LogP contribution >= 0.6 is 11.3 Å². The van der Waals surface area contributed by atoms with Crippen molar-refractivity contribution in [3.63, 3.8) is 0 Å². The fourth-order valence-corrected chi connectivity index (χ4v) is 4.19. The Morgan fingerprint density at radius 1 is 1.32 bits per heavy atom. The van der Waals surface area contributed by atoms with Gasteiger partial charge >= 0.3 is 0 Å². The molecular formula is C17H17FN2O4S. The molecule has 1 amide bonds. The molecule has 1 aromatic carbocycles. The first-order valence-corrected chi connectivity index (χ1v) is 8.91. The van der Waals surface area contributed by atoms with Gasteiger partial charge in [-0.1, -0.05) is 0 Å². The molecule has 2 aromatic rings. The summed E-state index contributed by atoms with van der Waals surface area (Å²) in [6, 6.07) is 5.35.